The first-order chi connectivity index (χ1) is 11.5. The van der Waals surface area contributed by atoms with Gasteiger partial charge < -0.3 is 9.80 Å². The van der Waals surface area contributed by atoms with Gasteiger partial charge in [-0.3, -0.25) is 4.57 Å². The molecule has 1 atom stereocenters. The van der Waals surface area contributed by atoms with Gasteiger partial charge in [-0.1, -0.05) is 0 Å². The summed E-state index contributed by atoms with van der Waals surface area (Å²) in [6, 6.07) is 5.70. The van der Waals surface area contributed by atoms with Gasteiger partial charge in [0.1, 0.15) is 23.3 Å². The topological polar surface area (TPSA) is 41.4 Å². The van der Waals surface area contributed by atoms with Crippen molar-refractivity contribution in [1.82, 2.24) is 9.55 Å². The minimum absolute atomic E-state index is 0.269. The minimum atomic E-state index is -0.611. The molecule has 126 valence electrons. The van der Waals surface area contributed by atoms with Gasteiger partial charge in [0.2, 0.25) is 0 Å². The Hall–Kier alpha value is -2.44. The van der Waals surface area contributed by atoms with E-state index in [1.807, 2.05) is 6.07 Å². The summed E-state index contributed by atoms with van der Waals surface area (Å²) in [5, 5.41) is 0. The van der Waals surface area contributed by atoms with E-state index in [1.54, 1.807) is 16.5 Å². The van der Waals surface area contributed by atoms with Crippen molar-refractivity contribution in [2.24, 2.45) is 0 Å². The van der Waals surface area contributed by atoms with Crippen molar-refractivity contribution in [1.29, 1.82) is 0 Å². The highest BCUT2D eigenvalue weighted by Crippen LogP contribution is 2.33. The number of hydrogen-bond donors (Lipinski definition) is 0. The minimum Gasteiger partial charge on any atom is -0.355 e. The van der Waals surface area contributed by atoms with Crippen molar-refractivity contribution in [3.05, 3.63) is 51.9 Å². The second-order valence-electron chi connectivity index (χ2n) is 6.49. The van der Waals surface area contributed by atoms with Gasteiger partial charge in [-0.25, -0.2) is 13.6 Å². The van der Waals surface area contributed by atoms with Crippen LogP contribution in [0.2, 0.25) is 0 Å². The van der Waals surface area contributed by atoms with E-state index in [1.165, 1.54) is 12.1 Å². The zero-order valence-electron chi connectivity index (χ0n) is 13.4. The fraction of sp³-hybridized carbons (Fsp3) is 0.412. The maximum atomic E-state index is 13.3. The summed E-state index contributed by atoms with van der Waals surface area (Å²) >= 11 is 0. The highest BCUT2D eigenvalue weighted by Gasteiger charge is 2.34. The summed E-state index contributed by atoms with van der Waals surface area (Å²) in [4.78, 5) is 20.4. The lowest BCUT2D eigenvalue weighted by molar-refractivity contribution is 0.579. The van der Waals surface area contributed by atoms with Gasteiger partial charge in [-0.15, -0.1) is 0 Å². The Morgan fingerprint density at radius 2 is 2.00 bits per heavy atom. The van der Waals surface area contributed by atoms with E-state index in [4.69, 9.17) is 0 Å². The van der Waals surface area contributed by atoms with Crippen LogP contribution in [0.15, 0.2) is 29.1 Å². The number of anilines is 2. The van der Waals surface area contributed by atoms with E-state index in [0.29, 0.717) is 24.0 Å². The van der Waals surface area contributed by atoms with Crippen LogP contribution in [0.25, 0.3) is 0 Å². The standard InChI is InChI=1S/C17H18F2N4O/c1-21(9-11-5-12(18)7-13(19)6-11)15-8-16-22-4-2-3-14(22)10-23(16)17(24)20-15/h5-8,14H,2-4,9-10H2,1H3/t14-/m1/s1. The van der Waals surface area contributed by atoms with Crippen LogP contribution >= 0.6 is 0 Å². The van der Waals surface area contributed by atoms with Crippen molar-refractivity contribution >= 4 is 11.6 Å². The third-order valence-corrected chi connectivity index (χ3v) is 4.77. The lowest BCUT2D eigenvalue weighted by atomic mass is 10.2. The number of benzene rings is 1. The number of fused-ring (bicyclic) bond motifs is 3. The molecule has 0 radical (unpaired) electrons. The third kappa shape index (κ3) is 2.53. The lowest BCUT2D eigenvalue weighted by Crippen LogP contribution is -2.27. The Kier molecular flexibility index (Phi) is 3.51. The van der Waals surface area contributed by atoms with Crippen molar-refractivity contribution in [2.75, 3.05) is 23.4 Å². The molecule has 5 nitrogen and oxygen atoms in total. The maximum absolute atomic E-state index is 13.3. The van der Waals surface area contributed by atoms with Crippen LogP contribution in [0.1, 0.15) is 18.4 Å². The van der Waals surface area contributed by atoms with Crippen LogP contribution in [0.3, 0.4) is 0 Å². The number of nitrogens with zero attached hydrogens (tertiary/aromatic N) is 4. The molecule has 1 aromatic heterocycles. The molecular weight excluding hydrogens is 314 g/mol. The Bertz CT molecular complexity index is 831. The summed E-state index contributed by atoms with van der Waals surface area (Å²) in [5.74, 6) is 0.189. The summed E-state index contributed by atoms with van der Waals surface area (Å²) in [6.07, 6.45) is 2.23. The Balaban J connectivity index is 1.64. The molecule has 7 heteroatoms. The van der Waals surface area contributed by atoms with Gasteiger partial charge in [0, 0.05) is 44.9 Å². The largest absolute Gasteiger partial charge is 0.355 e. The summed E-state index contributed by atoms with van der Waals surface area (Å²) in [6.45, 7) is 1.92. The molecule has 0 saturated carbocycles. The molecule has 0 aliphatic carbocycles. The van der Waals surface area contributed by atoms with Crippen LogP contribution in [0, 0.1) is 11.6 Å². The van der Waals surface area contributed by atoms with Crippen LogP contribution in [-0.4, -0.2) is 29.2 Å². The van der Waals surface area contributed by atoms with Gasteiger partial charge in [-0.05, 0) is 30.5 Å². The Morgan fingerprint density at radius 1 is 1.25 bits per heavy atom. The fourth-order valence-electron chi connectivity index (χ4n) is 3.68. The van der Waals surface area contributed by atoms with Crippen molar-refractivity contribution in [2.45, 2.75) is 32.0 Å². The average Bonchev–Trinajstić information content (AvgIpc) is 3.07. The molecule has 2 aromatic rings. The van der Waals surface area contributed by atoms with Crippen molar-refractivity contribution in [3.8, 4) is 0 Å². The van der Waals surface area contributed by atoms with E-state index in [9.17, 15) is 13.6 Å². The first kappa shape index (κ1) is 15.1. The molecule has 0 unspecified atom stereocenters. The van der Waals surface area contributed by atoms with Crippen molar-refractivity contribution < 1.29 is 8.78 Å². The molecule has 2 aliphatic rings. The van der Waals surface area contributed by atoms with Gasteiger partial charge >= 0.3 is 5.69 Å². The van der Waals surface area contributed by atoms with Gasteiger partial charge in [0.15, 0.2) is 0 Å². The molecule has 24 heavy (non-hydrogen) atoms. The van der Waals surface area contributed by atoms with E-state index < -0.39 is 11.6 Å². The third-order valence-electron chi connectivity index (χ3n) is 4.77. The monoisotopic (exact) mass is 332 g/mol. The van der Waals surface area contributed by atoms with E-state index >= 15 is 0 Å². The first-order valence-corrected chi connectivity index (χ1v) is 8.06. The number of halogens is 2. The van der Waals surface area contributed by atoms with Crippen LogP contribution in [0.5, 0.6) is 0 Å². The van der Waals surface area contributed by atoms with E-state index in [2.05, 4.69) is 9.88 Å². The molecule has 0 N–H and O–H groups in total. The molecule has 1 aromatic carbocycles. The Labute approximate surface area is 138 Å². The number of rotatable bonds is 3. The van der Waals surface area contributed by atoms with Crippen LogP contribution in [-0.2, 0) is 13.1 Å². The number of aromatic nitrogens is 2. The lowest BCUT2D eigenvalue weighted by Gasteiger charge is -2.21. The molecule has 0 amide bonds. The molecule has 1 saturated heterocycles. The highest BCUT2D eigenvalue weighted by atomic mass is 19.1. The maximum Gasteiger partial charge on any atom is 0.351 e. The average molecular weight is 332 g/mol. The van der Waals surface area contributed by atoms with E-state index in [0.717, 1.165) is 31.3 Å². The summed E-state index contributed by atoms with van der Waals surface area (Å²) in [5.41, 5.74) is 0.227. The second-order valence-corrected chi connectivity index (χ2v) is 6.49. The molecule has 4 rings (SSSR count). The van der Waals surface area contributed by atoms with Crippen LogP contribution < -0.4 is 15.5 Å². The predicted octanol–water partition coefficient (Wildman–Crippen LogP) is 2.14. The molecule has 0 spiro atoms. The highest BCUT2D eigenvalue weighted by molar-refractivity contribution is 5.54. The second kappa shape index (κ2) is 5.58. The molecular formula is C17H18F2N4O. The fourth-order valence-corrected chi connectivity index (χ4v) is 3.68. The smallest absolute Gasteiger partial charge is 0.351 e. The first-order valence-electron chi connectivity index (χ1n) is 8.06. The quantitative estimate of drug-likeness (QED) is 0.864. The molecule has 2 aliphatic heterocycles. The van der Waals surface area contributed by atoms with Gasteiger partial charge in [0.25, 0.3) is 0 Å². The van der Waals surface area contributed by atoms with Gasteiger partial charge in [0.05, 0.1) is 0 Å². The molecule has 0 bridgehead atoms. The Morgan fingerprint density at radius 3 is 2.75 bits per heavy atom. The van der Waals surface area contributed by atoms with Gasteiger partial charge in [-0.2, -0.15) is 4.98 Å². The van der Waals surface area contributed by atoms with Crippen LogP contribution in [0.4, 0.5) is 20.4 Å². The summed E-state index contributed by atoms with van der Waals surface area (Å²) in [7, 11) is 1.76. The predicted molar refractivity (Wildman–Crippen MR) is 87.3 cm³/mol. The van der Waals surface area contributed by atoms with Crippen molar-refractivity contribution in [3.63, 3.8) is 0 Å². The number of hydrogen-bond acceptors (Lipinski definition) is 4. The molecule has 1 fully saturated rings. The normalized spacial score (nSPS) is 18.6. The zero-order chi connectivity index (χ0) is 16.8. The van der Waals surface area contributed by atoms with E-state index in [-0.39, 0.29) is 12.2 Å². The molecule has 3 heterocycles. The summed E-state index contributed by atoms with van der Waals surface area (Å²) < 4.78 is 28.4. The SMILES string of the molecule is CN(Cc1cc(F)cc(F)c1)c1cc2n(c(=O)n1)C[C@H]1CCCN21. The zero-order valence-corrected chi connectivity index (χ0v) is 13.4.